The summed E-state index contributed by atoms with van der Waals surface area (Å²) < 4.78 is 5.72. The average molecular weight is 372 g/mol. The molecular weight excluding hydrogens is 348 g/mol. The highest BCUT2D eigenvalue weighted by Crippen LogP contribution is 2.46. The molecule has 4 rings (SSSR count). The third-order valence-corrected chi connectivity index (χ3v) is 5.45. The molecule has 0 unspecified atom stereocenters. The molecule has 1 aliphatic rings. The van der Waals surface area contributed by atoms with Crippen LogP contribution in [-0.4, -0.2) is 17.7 Å². The number of hydrogen-bond acceptors (Lipinski definition) is 2. The summed E-state index contributed by atoms with van der Waals surface area (Å²) in [5.74, 6) is 0.182. The van der Waals surface area contributed by atoms with Gasteiger partial charge >= 0.3 is 5.97 Å². The smallest absolute Gasteiger partial charge is 0.335 e. The number of carboxylic acids is 1. The molecule has 3 aromatic rings. The van der Waals surface area contributed by atoms with E-state index >= 15 is 0 Å². The maximum Gasteiger partial charge on any atom is 0.335 e. The van der Waals surface area contributed by atoms with E-state index in [9.17, 15) is 4.79 Å². The molecule has 0 amide bonds. The Balaban J connectivity index is 1.28. The molecular formula is C25H24O3. The topological polar surface area (TPSA) is 46.5 Å². The van der Waals surface area contributed by atoms with Crippen LogP contribution >= 0.6 is 0 Å². The molecule has 0 radical (unpaired) electrons. The van der Waals surface area contributed by atoms with E-state index in [1.165, 1.54) is 22.3 Å². The first kappa shape index (κ1) is 18.3. The normalized spacial score (nSPS) is 12.4. The molecule has 3 aromatic carbocycles. The van der Waals surface area contributed by atoms with E-state index in [1.54, 1.807) is 24.3 Å². The highest BCUT2D eigenvalue weighted by Gasteiger charge is 2.27. The van der Waals surface area contributed by atoms with Gasteiger partial charge in [0, 0.05) is 5.92 Å². The molecule has 0 saturated carbocycles. The molecule has 0 spiro atoms. The van der Waals surface area contributed by atoms with Crippen molar-refractivity contribution in [3.8, 4) is 16.9 Å². The van der Waals surface area contributed by atoms with E-state index < -0.39 is 5.97 Å². The summed E-state index contributed by atoms with van der Waals surface area (Å²) in [5, 5.41) is 9.04. The summed E-state index contributed by atoms with van der Waals surface area (Å²) in [6.45, 7) is 0.612. The number of aromatic carboxylic acids is 1. The van der Waals surface area contributed by atoms with Gasteiger partial charge < -0.3 is 9.84 Å². The van der Waals surface area contributed by atoms with Crippen molar-refractivity contribution in [1.29, 1.82) is 0 Å². The minimum Gasteiger partial charge on any atom is -0.494 e. The lowest BCUT2D eigenvalue weighted by atomic mass is 9.91. The molecule has 0 fully saturated rings. The molecule has 1 N–H and O–H groups in total. The molecule has 0 saturated heterocycles. The van der Waals surface area contributed by atoms with Crippen LogP contribution in [0.4, 0.5) is 0 Å². The Kier molecular flexibility index (Phi) is 5.43. The first-order valence-corrected chi connectivity index (χ1v) is 9.88. The van der Waals surface area contributed by atoms with Crippen LogP contribution in [0.5, 0.6) is 5.75 Å². The van der Waals surface area contributed by atoms with E-state index in [0.717, 1.165) is 25.7 Å². The first-order valence-electron chi connectivity index (χ1n) is 9.88. The third kappa shape index (κ3) is 3.79. The molecule has 0 atom stereocenters. The van der Waals surface area contributed by atoms with Crippen molar-refractivity contribution in [3.63, 3.8) is 0 Å². The Morgan fingerprint density at radius 2 is 1.50 bits per heavy atom. The zero-order valence-corrected chi connectivity index (χ0v) is 15.8. The largest absolute Gasteiger partial charge is 0.494 e. The average Bonchev–Trinajstić information content (AvgIpc) is 3.05. The fourth-order valence-electron chi connectivity index (χ4n) is 4.11. The molecule has 0 heterocycles. The SMILES string of the molecule is O=C(O)c1cccc(OCCCCCC2c3ccccc3-c3ccccc32)c1. The highest BCUT2D eigenvalue weighted by atomic mass is 16.5. The molecule has 3 nitrogen and oxygen atoms in total. The number of rotatable bonds is 8. The number of carboxylic acid groups (broad SMARTS) is 1. The maximum absolute atomic E-state index is 11.0. The maximum atomic E-state index is 11.0. The summed E-state index contributed by atoms with van der Waals surface area (Å²) >= 11 is 0. The van der Waals surface area contributed by atoms with Crippen LogP contribution in [0.15, 0.2) is 72.8 Å². The van der Waals surface area contributed by atoms with Gasteiger partial charge in [-0.3, -0.25) is 0 Å². The second kappa shape index (κ2) is 8.30. The van der Waals surface area contributed by atoms with Crippen LogP contribution in [0, 0.1) is 0 Å². The van der Waals surface area contributed by atoms with Gasteiger partial charge in [-0.2, -0.15) is 0 Å². The molecule has 0 aromatic heterocycles. The predicted octanol–water partition coefficient (Wildman–Crippen LogP) is 6.14. The second-order valence-corrected chi connectivity index (χ2v) is 7.26. The van der Waals surface area contributed by atoms with Crippen molar-refractivity contribution in [2.75, 3.05) is 6.61 Å². The van der Waals surface area contributed by atoms with E-state index in [-0.39, 0.29) is 5.56 Å². The van der Waals surface area contributed by atoms with Crippen LogP contribution in [-0.2, 0) is 0 Å². The number of hydrogen-bond donors (Lipinski definition) is 1. The van der Waals surface area contributed by atoms with E-state index in [0.29, 0.717) is 18.3 Å². The summed E-state index contributed by atoms with van der Waals surface area (Å²) in [6.07, 6.45) is 4.35. The third-order valence-electron chi connectivity index (χ3n) is 5.45. The lowest BCUT2D eigenvalue weighted by molar-refractivity contribution is 0.0696. The summed E-state index contributed by atoms with van der Waals surface area (Å²) in [7, 11) is 0. The van der Waals surface area contributed by atoms with Gasteiger partial charge in [0.2, 0.25) is 0 Å². The lowest BCUT2D eigenvalue weighted by Crippen LogP contribution is -2.01. The van der Waals surface area contributed by atoms with E-state index in [1.807, 2.05) is 0 Å². The Morgan fingerprint density at radius 1 is 0.821 bits per heavy atom. The van der Waals surface area contributed by atoms with Crippen molar-refractivity contribution in [3.05, 3.63) is 89.5 Å². The van der Waals surface area contributed by atoms with E-state index in [2.05, 4.69) is 48.5 Å². The van der Waals surface area contributed by atoms with Crippen LogP contribution in [0.1, 0.15) is 53.1 Å². The van der Waals surface area contributed by atoms with Crippen molar-refractivity contribution in [2.24, 2.45) is 0 Å². The fourth-order valence-corrected chi connectivity index (χ4v) is 4.11. The van der Waals surface area contributed by atoms with Gasteiger partial charge in [-0.25, -0.2) is 4.79 Å². The zero-order chi connectivity index (χ0) is 19.3. The molecule has 3 heteroatoms. The van der Waals surface area contributed by atoms with Crippen LogP contribution in [0.3, 0.4) is 0 Å². The predicted molar refractivity (Wildman–Crippen MR) is 111 cm³/mol. The number of unbranched alkanes of at least 4 members (excludes halogenated alkanes) is 2. The molecule has 0 aliphatic heterocycles. The Hall–Kier alpha value is -3.07. The number of ether oxygens (including phenoxy) is 1. The van der Waals surface area contributed by atoms with Gasteiger partial charge in [-0.15, -0.1) is 0 Å². The molecule has 0 bridgehead atoms. The molecule has 1 aliphatic carbocycles. The summed E-state index contributed by atoms with van der Waals surface area (Å²) in [4.78, 5) is 11.0. The number of fused-ring (bicyclic) bond motifs is 3. The van der Waals surface area contributed by atoms with Gasteiger partial charge in [0.1, 0.15) is 5.75 Å². The Bertz CT molecular complexity index is 931. The van der Waals surface area contributed by atoms with Gasteiger partial charge in [0.25, 0.3) is 0 Å². The van der Waals surface area contributed by atoms with Gasteiger partial charge in [0.05, 0.1) is 12.2 Å². The van der Waals surface area contributed by atoms with Crippen LogP contribution in [0.2, 0.25) is 0 Å². The van der Waals surface area contributed by atoms with Gasteiger partial charge in [-0.1, -0.05) is 67.4 Å². The second-order valence-electron chi connectivity index (χ2n) is 7.26. The Morgan fingerprint density at radius 3 is 2.18 bits per heavy atom. The first-order chi connectivity index (χ1) is 13.7. The zero-order valence-electron chi connectivity index (χ0n) is 15.8. The summed E-state index contributed by atoms with van der Waals surface area (Å²) in [5.41, 5.74) is 5.92. The molecule has 142 valence electrons. The number of benzene rings is 3. The standard InChI is InChI=1S/C25H24O3/c26-25(27)18-9-8-10-19(17-18)28-16-7-1-2-11-20-21-12-3-5-14-23(21)24-15-6-4-13-22(20)24/h3-6,8-10,12-15,17,20H,1-2,7,11,16H2,(H,26,27). The van der Waals surface area contributed by atoms with Crippen molar-refractivity contribution in [2.45, 2.75) is 31.6 Å². The van der Waals surface area contributed by atoms with Gasteiger partial charge in [-0.05, 0) is 53.3 Å². The quantitative estimate of drug-likeness (QED) is 0.483. The summed E-state index contributed by atoms with van der Waals surface area (Å²) in [6, 6.07) is 24.2. The monoisotopic (exact) mass is 372 g/mol. The minimum atomic E-state index is -0.928. The van der Waals surface area contributed by atoms with Gasteiger partial charge in [0.15, 0.2) is 0 Å². The minimum absolute atomic E-state index is 0.260. The van der Waals surface area contributed by atoms with Crippen molar-refractivity contribution in [1.82, 2.24) is 0 Å². The Labute approximate surface area is 165 Å². The fraction of sp³-hybridized carbons (Fsp3) is 0.240. The van der Waals surface area contributed by atoms with E-state index in [4.69, 9.17) is 9.84 Å². The van der Waals surface area contributed by atoms with Crippen molar-refractivity contribution < 1.29 is 14.6 Å². The lowest BCUT2D eigenvalue weighted by Gasteiger charge is -2.13. The van der Waals surface area contributed by atoms with Crippen LogP contribution < -0.4 is 4.74 Å². The van der Waals surface area contributed by atoms with Crippen LogP contribution in [0.25, 0.3) is 11.1 Å². The van der Waals surface area contributed by atoms with Crippen molar-refractivity contribution >= 4 is 5.97 Å². The highest BCUT2D eigenvalue weighted by molar-refractivity contribution is 5.88. The number of carbonyl (C=O) groups is 1. The molecule has 28 heavy (non-hydrogen) atoms.